The molecule has 0 saturated heterocycles. The topological polar surface area (TPSA) is 59.2 Å². The molecule has 1 aliphatic rings. The summed E-state index contributed by atoms with van der Waals surface area (Å²) in [5.74, 6) is -0.195. The molecule has 0 bridgehead atoms. The summed E-state index contributed by atoms with van der Waals surface area (Å²) in [4.78, 5) is 25.4. The molecule has 80 valence electrons. The van der Waals surface area contributed by atoms with Crippen LogP contribution in [0.1, 0.15) is 34.8 Å². The largest absolute Gasteiger partial charge is 0.465 e. The molecule has 1 N–H and O–H groups in total. The van der Waals surface area contributed by atoms with Crippen molar-refractivity contribution in [2.75, 3.05) is 7.11 Å². The highest BCUT2D eigenvalue weighted by Gasteiger charge is 2.30. The number of nitrogens with one attached hydrogen (secondary N) is 1. The lowest BCUT2D eigenvalue weighted by Crippen LogP contribution is -2.15. The summed E-state index contributed by atoms with van der Waals surface area (Å²) >= 11 is 5.66. The summed E-state index contributed by atoms with van der Waals surface area (Å²) in [6.07, 6.45) is 1.98. The summed E-state index contributed by atoms with van der Waals surface area (Å²) in [5.41, 5.74) is 0.659. The van der Waals surface area contributed by atoms with Crippen LogP contribution in [0, 0.1) is 0 Å². The minimum absolute atomic E-state index is 0.0137. The van der Waals surface area contributed by atoms with Gasteiger partial charge in [-0.1, -0.05) is 11.6 Å². The van der Waals surface area contributed by atoms with Crippen molar-refractivity contribution in [2.24, 2.45) is 0 Å². The predicted octanol–water partition coefficient (Wildman–Crippen LogP) is 1.69. The second kappa shape index (κ2) is 3.70. The fourth-order valence-electron chi connectivity index (χ4n) is 1.49. The molecular weight excluding hydrogens is 218 g/mol. The molecule has 0 aromatic carbocycles. The van der Waals surface area contributed by atoms with Crippen molar-refractivity contribution >= 4 is 17.6 Å². The molecule has 0 radical (unpaired) electrons. The first-order valence-electron chi connectivity index (χ1n) is 4.64. The van der Waals surface area contributed by atoms with Crippen molar-refractivity contribution in [3.05, 3.63) is 32.7 Å². The summed E-state index contributed by atoms with van der Waals surface area (Å²) in [5, 5.41) is 0.0137. The van der Waals surface area contributed by atoms with Crippen molar-refractivity contribution in [2.45, 2.75) is 18.8 Å². The van der Waals surface area contributed by atoms with Gasteiger partial charge in [0, 0.05) is 11.6 Å². The number of aromatic nitrogens is 1. The first-order valence-corrected chi connectivity index (χ1v) is 5.02. The lowest BCUT2D eigenvalue weighted by molar-refractivity contribution is 0.0598. The molecule has 0 atom stereocenters. The van der Waals surface area contributed by atoms with E-state index in [1.54, 1.807) is 0 Å². The molecule has 0 unspecified atom stereocenters. The normalized spacial score (nSPS) is 15.1. The van der Waals surface area contributed by atoms with Gasteiger partial charge >= 0.3 is 5.97 Å². The van der Waals surface area contributed by atoms with Gasteiger partial charge in [0.1, 0.15) is 5.02 Å². The highest BCUT2D eigenvalue weighted by atomic mass is 35.5. The highest BCUT2D eigenvalue weighted by molar-refractivity contribution is 6.30. The number of pyridine rings is 1. The molecule has 15 heavy (non-hydrogen) atoms. The van der Waals surface area contributed by atoms with E-state index >= 15 is 0 Å². The Morgan fingerprint density at radius 1 is 1.60 bits per heavy atom. The van der Waals surface area contributed by atoms with E-state index in [4.69, 9.17) is 11.6 Å². The zero-order chi connectivity index (χ0) is 11.0. The maximum absolute atomic E-state index is 11.4. The summed E-state index contributed by atoms with van der Waals surface area (Å²) in [6, 6.07) is 1.37. The number of H-pyrrole nitrogens is 1. The highest BCUT2D eigenvalue weighted by Crippen LogP contribution is 2.40. The molecule has 0 amide bonds. The smallest absolute Gasteiger partial charge is 0.339 e. The summed E-state index contributed by atoms with van der Waals surface area (Å²) < 4.78 is 4.63. The van der Waals surface area contributed by atoms with Gasteiger partial charge in [0.15, 0.2) is 0 Å². The third-order valence-electron chi connectivity index (χ3n) is 2.42. The third kappa shape index (κ3) is 1.90. The van der Waals surface area contributed by atoms with Crippen LogP contribution >= 0.6 is 11.6 Å². The fourth-order valence-corrected chi connectivity index (χ4v) is 1.65. The van der Waals surface area contributed by atoms with Crippen molar-refractivity contribution in [3.8, 4) is 0 Å². The van der Waals surface area contributed by atoms with E-state index in [1.165, 1.54) is 13.2 Å². The quantitative estimate of drug-likeness (QED) is 0.783. The van der Waals surface area contributed by atoms with E-state index < -0.39 is 5.97 Å². The average Bonchev–Trinajstić information content (AvgIpc) is 3.04. The Balaban J connectivity index is 2.54. The number of aromatic amines is 1. The molecule has 2 rings (SSSR count). The van der Waals surface area contributed by atoms with E-state index in [-0.39, 0.29) is 16.5 Å². The van der Waals surface area contributed by atoms with Crippen molar-refractivity contribution in [1.82, 2.24) is 4.98 Å². The number of rotatable bonds is 2. The molecule has 1 fully saturated rings. The maximum atomic E-state index is 11.4. The van der Waals surface area contributed by atoms with Gasteiger partial charge in [-0.2, -0.15) is 0 Å². The van der Waals surface area contributed by atoms with Crippen molar-refractivity contribution < 1.29 is 9.53 Å². The Labute approximate surface area is 91.2 Å². The number of hydrogen-bond donors (Lipinski definition) is 1. The average molecular weight is 228 g/mol. The van der Waals surface area contributed by atoms with Crippen LogP contribution in [0.3, 0.4) is 0 Å². The van der Waals surface area contributed by atoms with E-state index in [9.17, 15) is 9.59 Å². The molecular formula is C10H10ClNO3. The second-order valence-corrected chi connectivity index (χ2v) is 3.95. The maximum Gasteiger partial charge on any atom is 0.339 e. The van der Waals surface area contributed by atoms with Crippen LogP contribution in [0.15, 0.2) is 10.9 Å². The third-order valence-corrected chi connectivity index (χ3v) is 2.70. The number of ether oxygens (including phenoxy) is 1. The molecule has 1 aromatic rings. The second-order valence-electron chi connectivity index (χ2n) is 3.54. The zero-order valence-electron chi connectivity index (χ0n) is 8.17. The molecule has 0 aliphatic heterocycles. The Morgan fingerprint density at radius 2 is 2.27 bits per heavy atom. The van der Waals surface area contributed by atoms with Gasteiger partial charge in [0.25, 0.3) is 5.56 Å². The van der Waals surface area contributed by atoms with Gasteiger partial charge in [-0.3, -0.25) is 4.79 Å². The number of hydrogen-bond acceptors (Lipinski definition) is 3. The van der Waals surface area contributed by atoms with Gasteiger partial charge in [0.2, 0.25) is 0 Å². The first-order chi connectivity index (χ1) is 7.13. The van der Waals surface area contributed by atoms with Crippen molar-refractivity contribution in [1.29, 1.82) is 0 Å². The number of carbonyl (C=O) groups excluding carboxylic acids is 1. The minimum Gasteiger partial charge on any atom is -0.465 e. The van der Waals surface area contributed by atoms with Gasteiger partial charge in [-0.05, 0) is 18.9 Å². The molecule has 1 aromatic heterocycles. The first kappa shape index (κ1) is 10.2. The lowest BCUT2D eigenvalue weighted by Gasteiger charge is -2.06. The number of methoxy groups -OCH3 is 1. The molecule has 0 spiro atoms. The Hall–Kier alpha value is -1.29. The predicted molar refractivity (Wildman–Crippen MR) is 55.4 cm³/mol. The van der Waals surface area contributed by atoms with Crippen molar-refractivity contribution in [3.63, 3.8) is 0 Å². The van der Waals surface area contributed by atoms with Crippen LogP contribution in [0.25, 0.3) is 0 Å². The van der Waals surface area contributed by atoms with Gasteiger partial charge < -0.3 is 9.72 Å². The van der Waals surface area contributed by atoms with E-state index in [0.29, 0.717) is 11.3 Å². The summed E-state index contributed by atoms with van der Waals surface area (Å²) in [6.45, 7) is 0. The number of carbonyl (C=O) groups is 1. The molecule has 1 aliphatic carbocycles. The molecule has 4 nitrogen and oxygen atoms in total. The molecule has 1 saturated carbocycles. The van der Waals surface area contributed by atoms with Crippen LogP contribution in [0.2, 0.25) is 5.02 Å². The van der Waals surface area contributed by atoms with E-state index in [0.717, 1.165) is 12.8 Å². The van der Waals surface area contributed by atoms with Gasteiger partial charge in [-0.25, -0.2) is 4.79 Å². The van der Waals surface area contributed by atoms with Crippen LogP contribution in [-0.2, 0) is 4.74 Å². The Morgan fingerprint density at radius 3 is 2.80 bits per heavy atom. The van der Waals surface area contributed by atoms with E-state index in [1.807, 2.05) is 0 Å². The SMILES string of the molecule is COC(=O)c1cc(Cl)c(=O)[nH]c1C1CC1. The standard InChI is InChI=1S/C10H10ClNO3/c1-15-10(14)6-4-7(11)9(13)12-8(6)5-2-3-5/h4-5H,2-3H2,1H3,(H,12,13). The lowest BCUT2D eigenvalue weighted by atomic mass is 10.1. The number of esters is 1. The van der Waals surface area contributed by atoms with Gasteiger partial charge in [0.05, 0.1) is 12.7 Å². The Bertz CT molecular complexity index is 462. The van der Waals surface area contributed by atoms with Crippen LogP contribution < -0.4 is 5.56 Å². The van der Waals surface area contributed by atoms with Crippen LogP contribution in [-0.4, -0.2) is 18.1 Å². The van der Waals surface area contributed by atoms with Gasteiger partial charge in [-0.15, -0.1) is 0 Å². The van der Waals surface area contributed by atoms with E-state index in [2.05, 4.69) is 9.72 Å². The fraction of sp³-hybridized carbons (Fsp3) is 0.400. The zero-order valence-corrected chi connectivity index (χ0v) is 8.93. The molecule has 5 heteroatoms. The number of halogens is 1. The molecule has 1 heterocycles. The van der Waals surface area contributed by atoms with Crippen LogP contribution in [0.5, 0.6) is 0 Å². The Kier molecular flexibility index (Phi) is 2.52. The van der Waals surface area contributed by atoms with Crippen LogP contribution in [0.4, 0.5) is 0 Å². The monoisotopic (exact) mass is 227 g/mol. The summed E-state index contributed by atoms with van der Waals surface area (Å²) in [7, 11) is 1.30. The minimum atomic E-state index is -0.463.